The van der Waals surface area contributed by atoms with Crippen LogP contribution >= 0.6 is 24.2 Å². The average Bonchev–Trinajstić information content (AvgIpc) is 3.14. The van der Waals surface area contributed by atoms with Crippen LogP contribution in [0, 0.1) is 17.3 Å². The highest BCUT2D eigenvalue weighted by atomic mass is 35.5. The molecule has 5 nitrogen and oxygen atoms in total. The van der Waals surface area contributed by atoms with Crippen LogP contribution in [0.3, 0.4) is 0 Å². The predicted molar refractivity (Wildman–Crippen MR) is 130 cm³/mol. The molecule has 1 aromatic rings. The highest BCUT2D eigenvalue weighted by Crippen LogP contribution is 2.63. The second-order valence-electron chi connectivity index (χ2n) is 10.2. The molecule has 0 amide bonds. The van der Waals surface area contributed by atoms with Crippen LogP contribution in [0.15, 0.2) is 29.0 Å². The number of hydrogen-bond donors (Lipinski definition) is 0. The Labute approximate surface area is 214 Å². The molecule has 4 aliphatic rings. The van der Waals surface area contributed by atoms with Gasteiger partial charge >= 0.3 is 6.18 Å². The van der Waals surface area contributed by atoms with E-state index in [0.717, 1.165) is 93.8 Å². The quantitative estimate of drug-likeness (QED) is 0.267. The molecule has 5 rings (SSSR count). The molecule has 2 aliphatic carbocycles. The van der Waals surface area contributed by atoms with Gasteiger partial charge in [-0.15, -0.1) is 22.6 Å². The Balaban J connectivity index is 0.00000289. The van der Waals surface area contributed by atoms with E-state index in [2.05, 4.69) is 19.7 Å². The van der Waals surface area contributed by atoms with E-state index in [9.17, 15) is 17.6 Å². The van der Waals surface area contributed by atoms with E-state index in [4.69, 9.17) is 4.74 Å². The fourth-order valence-corrected chi connectivity index (χ4v) is 6.83. The van der Waals surface area contributed by atoms with Crippen LogP contribution in [0.25, 0.3) is 0 Å². The lowest BCUT2D eigenvalue weighted by Gasteiger charge is -2.23. The lowest BCUT2D eigenvalue weighted by molar-refractivity contribution is -0.0893. The summed E-state index contributed by atoms with van der Waals surface area (Å²) in [7, 11) is 2.04. The van der Waals surface area contributed by atoms with Crippen molar-refractivity contribution in [2.75, 3.05) is 38.6 Å². The van der Waals surface area contributed by atoms with Crippen LogP contribution in [0.2, 0.25) is 0 Å². The Morgan fingerprint density at radius 3 is 2.71 bits per heavy atom. The lowest BCUT2D eigenvalue weighted by atomic mass is 9.86. The maximum atomic E-state index is 14.6. The number of likely N-dealkylation sites (tertiary alicyclic amines) is 1. The third-order valence-electron chi connectivity index (χ3n) is 8.02. The van der Waals surface area contributed by atoms with Crippen molar-refractivity contribution in [3.63, 3.8) is 0 Å². The maximum Gasteiger partial charge on any atom is 0.416 e. The molecule has 1 unspecified atom stereocenters. The summed E-state index contributed by atoms with van der Waals surface area (Å²) in [5.74, 6) is 2.14. The number of hydrogen-bond acceptors (Lipinski definition) is 5. The van der Waals surface area contributed by atoms with Gasteiger partial charge in [0.2, 0.25) is 0 Å². The third-order valence-corrected chi connectivity index (χ3v) is 9.13. The summed E-state index contributed by atoms with van der Waals surface area (Å²) >= 11 is 1.73. The second kappa shape index (κ2) is 10.7. The molecular formula is C24H33ClF4N4OS. The average molecular weight is 537 g/mol. The van der Waals surface area contributed by atoms with Crippen molar-refractivity contribution in [1.82, 2.24) is 19.7 Å². The minimum absolute atomic E-state index is 0. The smallest absolute Gasteiger partial charge is 0.381 e. The van der Waals surface area contributed by atoms with Gasteiger partial charge in [-0.05, 0) is 62.6 Å². The molecule has 35 heavy (non-hydrogen) atoms. The summed E-state index contributed by atoms with van der Waals surface area (Å²) in [4.78, 5) is 2.43. The van der Waals surface area contributed by atoms with Gasteiger partial charge in [-0.2, -0.15) is 13.2 Å². The van der Waals surface area contributed by atoms with Gasteiger partial charge in [0, 0.05) is 44.4 Å². The van der Waals surface area contributed by atoms with Gasteiger partial charge < -0.3 is 14.2 Å². The van der Waals surface area contributed by atoms with Crippen molar-refractivity contribution in [3.8, 4) is 0 Å². The van der Waals surface area contributed by atoms with Gasteiger partial charge in [0.15, 0.2) is 5.16 Å². The molecule has 1 saturated carbocycles. The van der Waals surface area contributed by atoms with Crippen LogP contribution < -0.4 is 0 Å². The zero-order valence-corrected chi connectivity index (χ0v) is 21.5. The zero-order chi connectivity index (χ0) is 23.9. The van der Waals surface area contributed by atoms with Crippen LogP contribution in [-0.2, 0) is 11.8 Å². The number of rotatable bonds is 7. The topological polar surface area (TPSA) is 43.2 Å². The first-order valence-corrected chi connectivity index (χ1v) is 13.2. The van der Waals surface area contributed by atoms with Gasteiger partial charge in [0.25, 0.3) is 0 Å². The fourth-order valence-electron chi connectivity index (χ4n) is 5.99. The monoisotopic (exact) mass is 536 g/mol. The van der Waals surface area contributed by atoms with Gasteiger partial charge in [-0.3, -0.25) is 0 Å². The SMILES string of the molecule is Cl.Cn1c(SCCCN2CC[C@@]3(C[C@@H]3C3C=CC(C(F)(F)F)=C[C@H]3F)C2)nnc1C1CCOCC1. The standard InChI is InChI=1S/C24H32F4N4OS.ClH/c1-31-21(16-5-10-33-11-6-16)29-30-22(31)34-12-2-8-32-9-7-23(15-32)14-19(23)18-4-3-17(13-20(18)25)24(26,27)28;/h3-4,13,16,18-20H,2,5-12,14-15H2,1H3;1H/t18?,19-,20-,23-;/m1./s1. The molecule has 1 aromatic heterocycles. The summed E-state index contributed by atoms with van der Waals surface area (Å²) in [5.41, 5.74) is -0.780. The third kappa shape index (κ3) is 5.75. The van der Waals surface area contributed by atoms with E-state index >= 15 is 0 Å². The molecule has 196 valence electrons. The molecule has 4 atom stereocenters. The number of nitrogens with zero attached hydrogens (tertiary/aromatic N) is 4. The van der Waals surface area contributed by atoms with Crippen molar-refractivity contribution in [2.45, 2.75) is 55.5 Å². The first kappa shape index (κ1) is 26.9. The molecule has 3 heterocycles. The lowest BCUT2D eigenvalue weighted by Crippen LogP contribution is -2.26. The molecule has 0 N–H and O–H groups in total. The first-order valence-electron chi connectivity index (χ1n) is 12.2. The van der Waals surface area contributed by atoms with Crippen molar-refractivity contribution >= 4 is 24.2 Å². The minimum atomic E-state index is -4.48. The Morgan fingerprint density at radius 2 is 2.00 bits per heavy atom. The Kier molecular flexibility index (Phi) is 8.25. The van der Waals surface area contributed by atoms with Gasteiger partial charge in [-0.1, -0.05) is 23.9 Å². The summed E-state index contributed by atoms with van der Waals surface area (Å²) < 4.78 is 60.7. The Hall–Kier alpha value is -1.10. The number of allylic oxidation sites excluding steroid dienone is 4. The molecule has 11 heteroatoms. The van der Waals surface area contributed by atoms with Crippen LogP contribution in [-0.4, -0.2) is 70.6 Å². The van der Waals surface area contributed by atoms with Crippen LogP contribution in [0.5, 0.6) is 0 Å². The summed E-state index contributed by atoms with van der Waals surface area (Å²) in [6, 6.07) is 0. The van der Waals surface area contributed by atoms with Crippen molar-refractivity contribution in [3.05, 3.63) is 29.6 Å². The number of alkyl halides is 4. The highest BCUT2D eigenvalue weighted by Gasteiger charge is 2.60. The van der Waals surface area contributed by atoms with E-state index in [-0.39, 0.29) is 23.7 Å². The minimum Gasteiger partial charge on any atom is -0.381 e. The maximum absolute atomic E-state index is 14.6. The molecule has 2 saturated heterocycles. The molecule has 1 spiro atoms. The number of ether oxygens (including phenoxy) is 1. The van der Waals surface area contributed by atoms with E-state index in [1.165, 1.54) is 6.08 Å². The summed E-state index contributed by atoms with van der Waals surface area (Å²) in [6.45, 7) is 4.45. The van der Waals surface area contributed by atoms with Gasteiger partial charge in [0.05, 0.1) is 5.57 Å². The van der Waals surface area contributed by atoms with Crippen LogP contribution in [0.4, 0.5) is 17.6 Å². The number of halogens is 5. The summed E-state index contributed by atoms with van der Waals surface area (Å²) in [6.07, 6.45) is 2.20. The molecule has 0 aromatic carbocycles. The Morgan fingerprint density at radius 1 is 1.23 bits per heavy atom. The van der Waals surface area contributed by atoms with E-state index < -0.39 is 23.8 Å². The normalized spacial score (nSPS) is 31.6. The van der Waals surface area contributed by atoms with Gasteiger partial charge in [0.1, 0.15) is 12.0 Å². The molecule has 0 radical (unpaired) electrons. The fraction of sp³-hybridized carbons (Fsp3) is 0.750. The van der Waals surface area contributed by atoms with Crippen molar-refractivity contribution in [1.29, 1.82) is 0 Å². The molecule has 2 aliphatic heterocycles. The molecule has 3 fully saturated rings. The van der Waals surface area contributed by atoms with Crippen LogP contribution in [0.1, 0.15) is 43.8 Å². The summed E-state index contributed by atoms with van der Waals surface area (Å²) in [5, 5.41) is 9.76. The number of aromatic nitrogens is 3. The van der Waals surface area contributed by atoms with Gasteiger partial charge in [-0.25, -0.2) is 4.39 Å². The molecule has 0 bridgehead atoms. The second-order valence-corrected chi connectivity index (χ2v) is 11.3. The zero-order valence-electron chi connectivity index (χ0n) is 19.8. The Bertz CT molecular complexity index is 948. The predicted octanol–water partition coefficient (Wildman–Crippen LogP) is 5.34. The molecular weight excluding hydrogens is 504 g/mol. The van der Waals surface area contributed by atoms with E-state index in [0.29, 0.717) is 5.92 Å². The van der Waals surface area contributed by atoms with Crippen molar-refractivity contribution < 1.29 is 22.3 Å². The van der Waals surface area contributed by atoms with E-state index in [1.807, 2.05) is 7.05 Å². The highest BCUT2D eigenvalue weighted by molar-refractivity contribution is 7.99. The largest absolute Gasteiger partial charge is 0.416 e. The number of thioether (sulfide) groups is 1. The van der Waals surface area contributed by atoms with Crippen molar-refractivity contribution in [2.24, 2.45) is 24.3 Å². The van der Waals surface area contributed by atoms with E-state index in [1.54, 1.807) is 11.8 Å². The first-order chi connectivity index (χ1) is 16.3.